The van der Waals surface area contributed by atoms with Crippen molar-refractivity contribution < 1.29 is 22.3 Å². The first kappa shape index (κ1) is 13.7. The van der Waals surface area contributed by atoms with Crippen molar-refractivity contribution in [2.75, 3.05) is 39.5 Å². The number of hydrazine groups is 1. The zero-order valence-corrected chi connectivity index (χ0v) is 11.6. The molecular formula is C11H19FN2O4S. The van der Waals surface area contributed by atoms with E-state index in [-0.39, 0.29) is 26.1 Å². The van der Waals surface area contributed by atoms with Crippen LogP contribution in [0.2, 0.25) is 0 Å². The molecule has 2 unspecified atom stereocenters. The monoisotopic (exact) mass is 294 g/mol. The third-order valence-electron chi connectivity index (χ3n) is 4.26. The molecule has 3 rings (SSSR count). The van der Waals surface area contributed by atoms with E-state index in [2.05, 4.69) is 0 Å². The van der Waals surface area contributed by atoms with Crippen LogP contribution in [-0.2, 0) is 20.4 Å². The van der Waals surface area contributed by atoms with Crippen molar-refractivity contribution >= 4 is 10.9 Å². The second-order valence-corrected chi connectivity index (χ2v) is 6.34. The van der Waals surface area contributed by atoms with E-state index in [1.165, 1.54) is 0 Å². The Hall–Kier alpha value is -0.280. The molecule has 0 aromatic rings. The van der Waals surface area contributed by atoms with Gasteiger partial charge in [0.15, 0.2) is 5.79 Å². The number of nitrogens with zero attached hydrogens (tertiary/aromatic N) is 2. The van der Waals surface area contributed by atoms with Gasteiger partial charge in [0.05, 0.1) is 26.4 Å². The Bertz CT molecular complexity index is 393. The average Bonchev–Trinajstić information content (AvgIpc) is 2.89. The zero-order valence-electron chi connectivity index (χ0n) is 10.7. The third kappa shape index (κ3) is 2.52. The van der Waals surface area contributed by atoms with Crippen LogP contribution in [0, 0.1) is 11.8 Å². The number of hydrogen-bond donors (Lipinski definition) is 1. The Morgan fingerprint density at radius 3 is 2.21 bits per heavy atom. The second-order valence-electron chi connectivity index (χ2n) is 5.49. The lowest BCUT2D eigenvalue weighted by Crippen LogP contribution is -2.56. The number of halogens is 1. The predicted octanol–water partition coefficient (Wildman–Crippen LogP) is -0.216. The van der Waals surface area contributed by atoms with Crippen molar-refractivity contribution in [3.63, 3.8) is 0 Å². The summed E-state index contributed by atoms with van der Waals surface area (Å²) < 4.78 is 49.4. The highest BCUT2D eigenvalue weighted by Gasteiger charge is 2.48. The Morgan fingerprint density at radius 1 is 1.11 bits per heavy atom. The first-order chi connectivity index (χ1) is 9.10. The van der Waals surface area contributed by atoms with Crippen LogP contribution in [0.1, 0.15) is 12.8 Å². The molecule has 0 saturated carbocycles. The van der Waals surface area contributed by atoms with E-state index in [9.17, 15) is 12.8 Å². The maximum absolute atomic E-state index is 14.9. The normalized spacial score (nSPS) is 35.1. The molecule has 0 spiro atoms. The van der Waals surface area contributed by atoms with Crippen LogP contribution in [0.3, 0.4) is 0 Å². The molecule has 2 atom stereocenters. The van der Waals surface area contributed by atoms with E-state index in [1.807, 2.05) is 0 Å². The number of alkyl halides is 1. The maximum Gasteiger partial charge on any atom is 0.219 e. The van der Waals surface area contributed by atoms with Crippen molar-refractivity contribution in [3.05, 3.63) is 0 Å². The fourth-order valence-corrected chi connectivity index (χ4v) is 4.05. The molecule has 3 heterocycles. The van der Waals surface area contributed by atoms with Crippen LogP contribution >= 0.6 is 0 Å². The van der Waals surface area contributed by atoms with Crippen molar-refractivity contribution in [2.24, 2.45) is 11.8 Å². The summed E-state index contributed by atoms with van der Waals surface area (Å²) in [7, 11) is -2.98. The van der Waals surface area contributed by atoms with Crippen LogP contribution < -0.4 is 0 Å². The van der Waals surface area contributed by atoms with Gasteiger partial charge >= 0.3 is 0 Å². The lowest BCUT2D eigenvalue weighted by molar-refractivity contribution is -0.144. The smallest absolute Gasteiger partial charge is 0.219 e. The van der Waals surface area contributed by atoms with E-state index in [4.69, 9.17) is 9.47 Å². The van der Waals surface area contributed by atoms with Crippen molar-refractivity contribution in [1.29, 1.82) is 0 Å². The van der Waals surface area contributed by atoms with Gasteiger partial charge in [-0.3, -0.25) is 0 Å². The Kier molecular flexibility index (Phi) is 3.78. The van der Waals surface area contributed by atoms with Crippen LogP contribution in [0.15, 0.2) is 0 Å². The number of thiol groups is 1. The minimum Gasteiger partial charge on any atom is -0.381 e. The maximum atomic E-state index is 14.9. The highest BCUT2D eigenvalue weighted by Crippen LogP contribution is 2.36. The molecule has 0 aromatic heterocycles. The van der Waals surface area contributed by atoms with Crippen molar-refractivity contribution in [1.82, 2.24) is 9.42 Å². The van der Waals surface area contributed by atoms with Crippen molar-refractivity contribution in [2.45, 2.75) is 18.6 Å². The SMILES string of the molecule is O=[SH](=O)N(N1CC2COCC2C1)C1(F)CCOCC1. The topological polar surface area (TPSA) is 59.1 Å². The standard InChI is InChI=1S/C11H19FN2O4S/c12-11(1-3-17-4-2-11)14(19(15)16)13-5-9-7-18-8-10(9)6-13/h9-10,19H,1-8H2. The van der Waals surface area contributed by atoms with Gasteiger partial charge in [-0.25, -0.2) is 17.8 Å². The van der Waals surface area contributed by atoms with Crippen LogP contribution in [-0.4, -0.2) is 63.2 Å². The Labute approximate surface area is 113 Å². The molecule has 6 nitrogen and oxygen atoms in total. The van der Waals surface area contributed by atoms with E-state index in [0.29, 0.717) is 38.1 Å². The van der Waals surface area contributed by atoms with Gasteiger partial charge in [0.25, 0.3) is 0 Å². The highest BCUT2D eigenvalue weighted by atomic mass is 32.2. The first-order valence-corrected chi connectivity index (χ1v) is 7.77. The summed E-state index contributed by atoms with van der Waals surface area (Å²) in [4.78, 5) is 0. The summed E-state index contributed by atoms with van der Waals surface area (Å²) in [6, 6.07) is 0. The fraction of sp³-hybridized carbons (Fsp3) is 1.00. The number of rotatable bonds is 3. The van der Waals surface area contributed by atoms with Crippen LogP contribution in [0.4, 0.5) is 4.39 Å². The lowest BCUT2D eigenvalue weighted by atomic mass is 10.0. The molecule has 3 aliphatic heterocycles. The number of ether oxygens (including phenoxy) is 2. The zero-order chi connectivity index (χ0) is 13.5. The van der Waals surface area contributed by atoms with Gasteiger partial charge < -0.3 is 9.47 Å². The Morgan fingerprint density at radius 2 is 1.68 bits per heavy atom. The molecule has 3 saturated heterocycles. The first-order valence-electron chi connectivity index (χ1n) is 6.64. The van der Waals surface area contributed by atoms with Gasteiger partial charge in [0, 0.05) is 37.8 Å². The molecule has 8 heteroatoms. The molecule has 0 aromatic carbocycles. The van der Waals surface area contributed by atoms with E-state index in [1.54, 1.807) is 5.01 Å². The molecule has 110 valence electrons. The molecular weight excluding hydrogens is 275 g/mol. The number of hydrogen-bond acceptors (Lipinski definition) is 5. The summed E-state index contributed by atoms with van der Waals surface area (Å²) >= 11 is 0. The molecule has 3 fully saturated rings. The molecule has 19 heavy (non-hydrogen) atoms. The molecule has 0 amide bonds. The van der Waals surface area contributed by atoms with Gasteiger partial charge in [-0.2, -0.15) is 0 Å². The van der Waals surface area contributed by atoms with E-state index < -0.39 is 16.7 Å². The molecule has 0 radical (unpaired) electrons. The molecule has 0 bridgehead atoms. The van der Waals surface area contributed by atoms with Crippen molar-refractivity contribution in [3.8, 4) is 0 Å². The predicted molar refractivity (Wildman–Crippen MR) is 65.4 cm³/mol. The number of fused-ring (bicyclic) bond motifs is 1. The summed E-state index contributed by atoms with van der Waals surface area (Å²) in [5.74, 6) is -1.19. The molecule has 3 aliphatic rings. The van der Waals surface area contributed by atoms with E-state index >= 15 is 0 Å². The van der Waals surface area contributed by atoms with Gasteiger partial charge in [-0.05, 0) is 0 Å². The molecule has 0 aliphatic carbocycles. The third-order valence-corrected chi connectivity index (χ3v) is 5.18. The average molecular weight is 294 g/mol. The summed E-state index contributed by atoms with van der Waals surface area (Å²) in [5.41, 5.74) is 0. The lowest BCUT2D eigenvalue weighted by Gasteiger charge is -2.40. The van der Waals surface area contributed by atoms with Gasteiger partial charge in [-0.1, -0.05) is 0 Å². The summed E-state index contributed by atoms with van der Waals surface area (Å²) in [6.07, 6.45) is 0.192. The van der Waals surface area contributed by atoms with Crippen LogP contribution in [0.5, 0.6) is 0 Å². The summed E-state index contributed by atoms with van der Waals surface area (Å²) in [6.45, 7) is 2.93. The van der Waals surface area contributed by atoms with Gasteiger partial charge in [0.1, 0.15) is 0 Å². The minimum atomic E-state index is -2.98. The van der Waals surface area contributed by atoms with E-state index in [0.717, 1.165) is 4.41 Å². The highest BCUT2D eigenvalue weighted by molar-refractivity contribution is 7.69. The van der Waals surface area contributed by atoms with Crippen LogP contribution in [0.25, 0.3) is 0 Å². The minimum absolute atomic E-state index is 0.0959. The quantitative estimate of drug-likeness (QED) is 0.576. The summed E-state index contributed by atoms with van der Waals surface area (Å²) in [5, 5.41) is 1.65. The fourth-order valence-electron chi connectivity index (χ4n) is 3.20. The molecule has 0 N–H and O–H groups in total. The second kappa shape index (κ2) is 5.25. The Balaban J connectivity index is 1.78. The van der Waals surface area contributed by atoms with Gasteiger partial charge in [0.2, 0.25) is 10.9 Å². The largest absolute Gasteiger partial charge is 0.381 e. The van der Waals surface area contributed by atoms with Gasteiger partial charge in [-0.15, -0.1) is 4.41 Å².